The number of rotatable bonds is 6. The third-order valence-corrected chi connectivity index (χ3v) is 4.92. The predicted molar refractivity (Wildman–Crippen MR) is 117 cm³/mol. The summed E-state index contributed by atoms with van der Waals surface area (Å²) < 4.78 is 3.05. The van der Waals surface area contributed by atoms with Crippen molar-refractivity contribution in [2.75, 3.05) is 11.9 Å². The Hall–Kier alpha value is -3.26. The van der Waals surface area contributed by atoms with Crippen molar-refractivity contribution in [2.24, 2.45) is 0 Å². The lowest BCUT2D eigenvalue weighted by Gasteiger charge is -2.10. The summed E-state index contributed by atoms with van der Waals surface area (Å²) in [5, 5.41) is 5.71. The van der Waals surface area contributed by atoms with Gasteiger partial charge in [0.1, 0.15) is 11.3 Å². The summed E-state index contributed by atoms with van der Waals surface area (Å²) in [4.78, 5) is 25.4. The van der Waals surface area contributed by atoms with E-state index >= 15 is 0 Å². The first kappa shape index (κ1) is 19.1. The number of anilines is 1. The van der Waals surface area contributed by atoms with Crippen LogP contribution in [0.3, 0.4) is 0 Å². The van der Waals surface area contributed by atoms with Crippen LogP contribution < -0.4 is 10.6 Å². The van der Waals surface area contributed by atoms with E-state index in [0.29, 0.717) is 13.1 Å². The maximum absolute atomic E-state index is 12.1. The Morgan fingerprint density at radius 2 is 1.83 bits per heavy atom. The molecule has 0 fully saturated rings. The number of fused-ring (bicyclic) bond motifs is 1. The molecule has 4 aromatic rings. The van der Waals surface area contributed by atoms with Gasteiger partial charge in [0, 0.05) is 47.4 Å². The average molecular weight is 451 g/mol. The fraction of sp³-hybridized carbons (Fsp3) is 0.143. The van der Waals surface area contributed by atoms with Gasteiger partial charge in [-0.05, 0) is 55.0 Å². The summed E-state index contributed by atoms with van der Waals surface area (Å²) in [5.74, 6) is 0.848. The van der Waals surface area contributed by atoms with Gasteiger partial charge in [-0.25, -0.2) is 14.8 Å². The molecular formula is C21H19BrN6O. The van der Waals surface area contributed by atoms with Gasteiger partial charge in [0.25, 0.3) is 0 Å². The molecule has 1 aromatic carbocycles. The van der Waals surface area contributed by atoms with Gasteiger partial charge in [0.05, 0.1) is 0 Å². The van der Waals surface area contributed by atoms with Gasteiger partial charge in [0.2, 0.25) is 0 Å². The van der Waals surface area contributed by atoms with E-state index in [0.717, 1.165) is 39.1 Å². The molecule has 0 unspecified atom stereocenters. The highest BCUT2D eigenvalue weighted by atomic mass is 79.9. The van der Waals surface area contributed by atoms with Crippen LogP contribution in [0.2, 0.25) is 0 Å². The van der Waals surface area contributed by atoms with Crippen LogP contribution in [0.5, 0.6) is 0 Å². The number of hydrogen-bond acceptors (Lipinski definition) is 4. The number of imidazole rings is 1. The number of nitrogens with zero attached hydrogens (tertiary/aromatic N) is 4. The summed E-state index contributed by atoms with van der Waals surface area (Å²) in [6.45, 7) is 1.22. The van der Waals surface area contributed by atoms with Crippen molar-refractivity contribution < 1.29 is 4.79 Å². The number of halogens is 1. The van der Waals surface area contributed by atoms with Crippen LogP contribution in [0.4, 0.5) is 10.5 Å². The molecule has 0 aliphatic carbocycles. The standard InChI is InChI=1S/C21H19BrN6O/c22-16-4-6-17(7-5-16)26-21(29)25-11-2-14-28-19(15-8-12-23-13-9-15)27-18-3-1-10-24-20(18)28/h1,3-10,12-13H,2,11,14H2,(H2,25,26,29). The van der Waals surface area contributed by atoms with Gasteiger partial charge in [0.15, 0.2) is 5.65 Å². The van der Waals surface area contributed by atoms with Crippen LogP contribution >= 0.6 is 15.9 Å². The summed E-state index contributed by atoms with van der Waals surface area (Å²) in [6, 6.07) is 14.9. The number of carbonyl (C=O) groups is 1. The number of carbonyl (C=O) groups excluding carboxylic acids is 1. The van der Waals surface area contributed by atoms with E-state index in [2.05, 4.69) is 41.1 Å². The Labute approximate surface area is 176 Å². The number of hydrogen-bond donors (Lipinski definition) is 2. The van der Waals surface area contributed by atoms with E-state index in [4.69, 9.17) is 4.98 Å². The van der Waals surface area contributed by atoms with Crippen molar-refractivity contribution in [2.45, 2.75) is 13.0 Å². The Morgan fingerprint density at radius 1 is 1.03 bits per heavy atom. The molecule has 146 valence electrons. The SMILES string of the molecule is O=C(NCCCn1c(-c2ccncc2)nc2cccnc21)Nc1ccc(Br)cc1. The molecule has 0 atom stereocenters. The van der Waals surface area contributed by atoms with E-state index < -0.39 is 0 Å². The molecule has 4 rings (SSSR count). The molecule has 0 aliphatic heterocycles. The molecule has 3 aromatic heterocycles. The summed E-state index contributed by atoms with van der Waals surface area (Å²) >= 11 is 3.38. The quantitative estimate of drug-likeness (QED) is 0.424. The highest BCUT2D eigenvalue weighted by Gasteiger charge is 2.13. The fourth-order valence-electron chi connectivity index (χ4n) is 3.04. The lowest BCUT2D eigenvalue weighted by atomic mass is 10.2. The Kier molecular flexibility index (Phi) is 5.81. The molecule has 0 aliphatic rings. The molecule has 7 nitrogen and oxygen atoms in total. The monoisotopic (exact) mass is 450 g/mol. The normalized spacial score (nSPS) is 10.8. The Balaban J connectivity index is 1.40. The van der Waals surface area contributed by atoms with E-state index in [-0.39, 0.29) is 6.03 Å². The lowest BCUT2D eigenvalue weighted by molar-refractivity contribution is 0.252. The predicted octanol–water partition coefficient (Wildman–Crippen LogP) is 4.47. The fourth-order valence-corrected chi connectivity index (χ4v) is 3.30. The molecule has 29 heavy (non-hydrogen) atoms. The van der Waals surface area contributed by atoms with Gasteiger partial charge in [-0.3, -0.25) is 4.98 Å². The van der Waals surface area contributed by atoms with Gasteiger partial charge < -0.3 is 15.2 Å². The molecule has 2 N–H and O–H groups in total. The second-order valence-corrected chi connectivity index (χ2v) is 7.33. The molecule has 0 saturated carbocycles. The number of amides is 2. The largest absolute Gasteiger partial charge is 0.338 e. The zero-order chi connectivity index (χ0) is 20.1. The summed E-state index contributed by atoms with van der Waals surface area (Å²) in [7, 11) is 0. The zero-order valence-corrected chi connectivity index (χ0v) is 17.1. The van der Waals surface area contributed by atoms with E-state index in [1.165, 1.54) is 0 Å². The van der Waals surface area contributed by atoms with Crippen LogP contribution in [-0.4, -0.2) is 32.1 Å². The highest BCUT2D eigenvalue weighted by molar-refractivity contribution is 9.10. The molecule has 0 spiro atoms. The topological polar surface area (TPSA) is 84.7 Å². The second kappa shape index (κ2) is 8.83. The van der Waals surface area contributed by atoms with Crippen molar-refractivity contribution in [3.63, 3.8) is 0 Å². The molecular weight excluding hydrogens is 432 g/mol. The minimum Gasteiger partial charge on any atom is -0.338 e. The molecule has 8 heteroatoms. The molecule has 0 saturated heterocycles. The van der Waals surface area contributed by atoms with E-state index in [1.807, 2.05) is 48.5 Å². The lowest BCUT2D eigenvalue weighted by Crippen LogP contribution is -2.30. The van der Waals surface area contributed by atoms with Crippen molar-refractivity contribution in [3.05, 3.63) is 71.6 Å². The van der Waals surface area contributed by atoms with Crippen LogP contribution in [0.15, 0.2) is 71.6 Å². The number of nitrogens with one attached hydrogen (secondary N) is 2. The number of aryl methyl sites for hydroxylation is 1. The van der Waals surface area contributed by atoms with Crippen molar-refractivity contribution in [1.29, 1.82) is 0 Å². The minimum absolute atomic E-state index is 0.227. The maximum atomic E-state index is 12.1. The Morgan fingerprint density at radius 3 is 2.62 bits per heavy atom. The third-order valence-electron chi connectivity index (χ3n) is 4.39. The highest BCUT2D eigenvalue weighted by Crippen LogP contribution is 2.23. The summed E-state index contributed by atoms with van der Waals surface area (Å²) in [6.07, 6.45) is 6.01. The molecule has 0 radical (unpaired) electrons. The van der Waals surface area contributed by atoms with Crippen molar-refractivity contribution in [3.8, 4) is 11.4 Å². The van der Waals surface area contributed by atoms with Crippen LogP contribution in [-0.2, 0) is 6.54 Å². The van der Waals surface area contributed by atoms with Crippen LogP contribution in [0.1, 0.15) is 6.42 Å². The first-order valence-electron chi connectivity index (χ1n) is 9.23. The van der Waals surface area contributed by atoms with Crippen molar-refractivity contribution in [1.82, 2.24) is 24.8 Å². The zero-order valence-electron chi connectivity index (χ0n) is 15.5. The number of urea groups is 1. The van der Waals surface area contributed by atoms with Gasteiger partial charge in [-0.1, -0.05) is 15.9 Å². The average Bonchev–Trinajstić information content (AvgIpc) is 3.12. The van der Waals surface area contributed by atoms with Crippen LogP contribution in [0, 0.1) is 0 Å². The minimum atomic E-state index is -0.227. The maximum Gasteiger partial charge on any atom is 0.319 e. The van der Waals surface area contributed by atoms with Gasteiger partial charge in [-0.15, -0.1) is 0 Å². The van der Waals surface area contributed by atoms with E-state index in [9.17, 15) is 4.79 Å². The van der Waals surface area contributed by atoms with Gasteiger partial charge in [-0.2, -0.15) is 0 Å². The summed E-state index contributed by atoms with van der Waals surface area (Å²) in [5.41, 5.74) is 3.41. The third kappa shape index (κ3) is 4.60. The number of benzene rings is 1. The van der Waals surface area contributed by atoms with Gasteiger partial charge >= 0.3 is 6.03 Å². The van der Waals surface area contributed by atoms with Crippen molar-refractivity contribution >= 4 is 38.8 Å². The molecule has 0 bridgehead atoms. The number of pyridine rings is 2. The van der Waals surface area contributed by atoms with Crippen LogP contribution in [0.25, 0.3) is 22.6 Å². The first-order valence-corrected chi connectivity index (χ1v) is 10.0. The molecule has 3 heterocycles. The second-order valence-electron chi connectivity index (χ2n) is 6.41. The first-order chi connectivity index (χ1) is 14.2. The Bertz CT molecular complexity index is 1110. The smallest absolute Gasteiger partial charge is 0.319 e. The van der Waals surface area contributed by atoms with E-state index in [1.54, 1.807) is 18.6 Å². The molecule has 2 amide bonds. The number of aromatic nitrogens is 4.